The Kier molecular flexibility index (Phi) is 4.64. The zero-order chi connectivity index (χ0) is 17.1. The average Bonchev–Trinajstić information content (AvgIpc) is 3.19. The quantitative estimate of drug-likeness (QED) is 0.755. The van der Waals surface area contributed by atoms with Crippen LogP contribution in [0.1, 0.15) is 33.1 Å². The first-order chi connectivity index (χ1) is 11.6. The smallest absolute Gasteiger partial charge is 0.249 e. The molecule has 0 aliphatic carbocycles. The van der Waals surface area contributed by atoms with Gasteiger partial charge in [0.25, 0.3) is 0 Å². The summed E-state index contributed by atoms with van der Waals surface area (Å²) < 4.78 is 7.62. The van der Waals surface area contributed by atoms with Crippen molar-refractivity contribution in [2.45, 2.75) is 46.2 Å². The monoisotopic (exact) mass is 326 g/mol. The minimum Gasteiger partial charge on any atom is -0.421 e. The first-order valence-corrected chi connectivity index (χ1v) is 8.32. The highest BCUT2D eigenvalue weighted by molar-refractivity contribution is 5.94. The zero-order valence-electron chi connectivity index (χ0n) is 14.2. The first kappa shape index (κ1) is 16.2. The van der Waals surface area contributed by atoms with Gasteiger partial charge < -0.3 is 14.3 Å². The Morgan fingerprint density at radius 1 is 1.29 bits per heavy atom. The maximum absolute atomic E-state index is 12.2. The molecule has 3 rings (SSSR count). The summed E-state index contributed by atoms with van der Waals surface area (Å²) in [6, 6.07) is 8.09. The molecule has 0 spiro atoms. The van der Waals surface area contributed by atoms with E-state index in [0.29, 0.717) is 18.2 Å². The number of aryl methyl sites for hydroxylation is 1. The van der Waals surface area contributed by atoms with Crippen LogP contribution >= 0.6 is 0 Å². The van der Waals surface area contributed by atoms with E-state index in [4.69, 9.17) is 4.42 Å². The molecule has 1 N–H and O–H groups in total. The van der Waals surface area contributed by atoms with Crippen LogP contribution in [-0.2, 0) is 17.8 Å². The van der Waals surface area contributed by atoms with Crippen LogP contribution in [0.3, 0.4) is 0 Å². The molecule has 2 aromatic heterocycles. The lowest BCUT2D eigenvalue weighted by atomic mass is 10.2. The van der Waals surface area contributed by atoms with Crippen molar-refractivity contribution in [3.63, 3.8) is 0 Å². The van der Waals surface area contributed by atoms with Crippen molar-refractivity contribution >= 4 is 16.8 Å². The van der Waals surface area contributed by atoms with Gasteiger partial charge in [-0.25, -0.2) is 0 Å². The Balaban J connectivity index is 1.96. The summed E-state index contributed by atoms with van der Waals surface area (Å²) in [7, 11) is 0. The fourth-order valence-electron chi connectivity index (χ4n) is 2.63. The van der Waals surface area contributed by atoms with Gasteiger partial charge in [-0.3, -0.25) is 4.79 Å². The van der Waals surface area contributed by atoms with Crippen molar-refractivity contribution in [2.24, 2.45) is 0 Å². The molecule has 1 unspecified atom stereocenters. The number of nitrogens with one attached hydrogen (secondary N) is 1. The Labute approximate surface area is 140 Å². The Morgan fingerprint density at radius 2 is 2.08 bits per heavy atom. The van der Waals surface area contributed by atoms with E-state index >= 15 is 0 Å². The molecule has 3 aromatic rings. The zero-order valence-corrected chi connectivity index (χ0v) is 14.2. The number of carbonyl (C=O) groups is 1. The van der Waals surface area contributed by atoms with Crippen molar-refractivity contribution in [1.29, 1.82) is 0 Å². The number of hydrogen-bond acceptors (Lipinski definition) is 4. The van der Waals surface area contributed by atoms with Crippen LogP contribution in [0.15, 0.2) is 34.9 Å². The molecule has 1 amide bonds. The highest BCUT2D eigenvalue weighted by atomic mass is 16.4. The molecular formula is C18H22N4O2. The number of para-hydroxylation sites is 1. The molecule has 24 heavy (non-hydrogen) atoms. The maximum Gasteiger partial charge on any atom is 0.249 e. The van der Waals surface area contributed by atoms with E-state index in [1.54, 1.807) is 0 Å². The fourth-order valence-corrected chi connectivity index (χ4v) is 2.63. The molecule has 0 fully saturated rings. The van der Waals surface area contributed by atoms with Gasteiger partial charge in [-0.2, -0.15) is 0 Å². The summed E-state index contributed by atoms with van der Waals surface area (Å²) in [5, 5.41) is 12.2. The number of hydrogen-bond donors (Lipinski definition) is 1. The third-order valence-corrected chi connectivity index (χ3v) is 4.12. The third-order valence-electron chi connectivity index (χ3n) is 4.12. The van der Waals surface area contributed by atoms with Gasteiger partial charge >= 0.3 is 0 Å². The normalized spacial score (nSPS) is 12.5. The first-order valence-electron chi connectivity index (χ1n) is 8.32. The fraction of sp³-hybridized carbons (Fsp3) is 0.389. The third kappa shape index (κ3) is 3.18. The maximum atomic E-state index is 12.2. The van der Waals surface area contributed by atoms with E-state index in [-0.39, 0.29) is 18.5 Å². The van der Waals surface area contributed by atoms with Crippen molar-refractivity contribution in [1.82, 2.24) is 20.1 Å². The van der Waals surface area contributed by atoms with Crippen LogP contribution in [0.2, 0.25) is 0 Å². The summed E-state index contributed by atoms with van der Waals surface area (Å²) in [4.78, 5) is 12.2. The van der Waals surface area contributed by atoms with Gasteiger partial charge in [0.2, 0.25) is 17.7 Å². The molecule has 1 aromatic carbocycles. The molecule has 6 heteroatoms. The molecule has 126 valence electrons. The standard InChI is InChI=1S/C18H22N4O2/c1-4-12(3)19-16(23)11-22-10-14(13-8-6-7-9-15(13)22)18-21-20-17(5-2)24-18/h6-10,12H,4-5,11H2,1-3H3,(H,19,23). The van der Waals surface area contributed by atoms with Gasteiger partial charge in [0.05, 0.1) is 5.56 Å². The van der Waals surface area contributed by atoms with Crippen LogP contribution < -0.4 is 5.32 Å². The van der Waals surface area contributed by atoms with Crippen LogP contribution in [0, 0.1) is 0 Å². The lowest BCUT2D eigenvalue weighted by Crippen LogP contribution is -2.34. The molecule has 0 saturated carbocycles. The number of aromatic nitrogens is 3. The highest BCUT2D eigenvalue weighted by Crippen LogP contribution is 2.29. The highest BCUT2D eigenvalue weighted by Gasteiger charge is 2.17. The predicted molar refractivity (Wildman–Crippen MR) is 92.5 cm³/mol. The van der Waals surface area contributed by atoms with E-state index < -0.39 is 0 Å². The van der Waals surface area contributed by atoms with Crippen LogP contribution in [-0.4, -0.2) is 26.7 Å². The largest absolute Gasteiger partial charge is 0.421 e. The Morgan fingerprint density at radius 3 is 2.79 bits per heavy atom. The average molecular weight is 326 g/mol. The minimum atomic E-state index is -0.00331. The number of nitrogens with zero attached hydrogens (tertiary/aromatic N) is 3. The topological polar surface area (TPSA) is 73.0 Å². The summed E-state index contributed by atoms with van der Waals surface area (Å²) in [6.07, 6.45) is 3.52. The predicted octanol–water partition coefficient (Wildman–Crippen LogP) is 3.17. The Hall–Kier alpha value is -2.63. The second kappa shape index (κ2) is 6.86. The van der Waals surface area contributed by atoms with Gasteiger partial charge in [0.15, 0.2) is 0 Å². The molecule has 2 heterocycles. The SMILES string of the molecule is CCc1nnc(-c2cn(CC(=O)NC(C)CC)c3ccccc23)o1. The molecule has 0 aliphatic rings. The lowest BCUT2D eigenvalue weighted by Gasteiger charge is -2.12. The van der Waals surface area contributed by atoms with Crippen LogP contribution in [0.5, 0.6) is 0 Å². The van der Waals surface area contributed by atoms with Gasteiger partial charge in [0.1, 0.15) is 6.54 Å². The molecule has 0 bridgehead atoms. The number of carbonyl (C=O) groups excluding carboxylic acids is 1. The van der Waals surface area contributed by atoms with Gasteiger partial charge in [-0.1, -0.05) is 32.0 Å². The molecule has 1 atom stereocenters. The number of rotatable bonds is 6. The van der Waals surface area contributed by atoms with Gasteiger partial charge in [0, 0.05) is 29.6 Å². The van der Waals surface area contributed by atoms with E-state index in [1.165, 1.54) is 0 Å². The number of amides is 1. The Bertz CT molecular complexity index is 850. The number of benzene rings is 1. The minimum absolute atomic E-state index is 0.00331. The van der Waals surface area contributed by atoms with Gasteiger partial charge in [-0.15, -0.1) is 10.2 Å². The van der Waals surface area contributed by atoms with E-state index in [2.05, 4.69) is 22.4 Å². The molecular weight excluding hydrogens is 304 g/mol. The van der Waals surface area contributed by atoms with Gasteiger partial charge in [-0.05, 0) is 19.4 Å². The van der Waals surface area contributed by atoms with Crippen molar-refractivity contribution < 1.29 is 9.21 Å². The molecule has 6 nitrogen and oxygen atoms in total. The summed E-state index contributed by atoms with van der Waals surface area (Å²) in [5.74, 6) is 1.09. The summed E-state index contributed by atoms with van der Waals surface area (Å²) >= 11 is 0. The lowest BCUT2D eigenvalue weighted by molar-refractivity contribution is -0.122. The summed E-state index contributed by atoms with van der Waals surface area (Å²) in [5.41, 5.74) is 1.83. The second-order valence-corrected chi connectivity index (χ2v) is 5.92. The summed E-state index contributed by atoms with van der Waals surface area (Å²) in [6.45, 7) is 6.29. The van der Waals surface area contributed by atoms with Crippen LogP contribution in [0.25, 0.3) is 22.4 Å². The molecule has 0 saturated heterocycles. The van der Waals surface area contributed by atoms with E-state index in [9.17, 15) is 4.79 Å². The second-order valence-electron chi connectivity index (χ2n) is 5.92. The van der Waals surface area contributed by atoms with Crippen molar-refractivity contribution in [3.05, 3.63) is 36.4 Å². The molecule has 0 radical (unpaired) electrons. The van der Waals surface area contributed by atoms with E-state index in [1.807, 2.05) is 48.9 Å². The van der Waals surface area contributed by atoms with E-state index in [0.717, 1.165) is 22.9 Å². The molecule has 0 aliphatic heterocycles. The number of fused-ring (bicyclic) bond motifs is 1. The van der Waals surface area contributed by atoms with Crippen molar-refractivity contribution in [3.8, 4) is 11.5 Å². The van der Waals surface area contributed by atoms with Crippen molar-refractivity contribution in [2.75, 3.05) is 0 Å². The van der Waals surface area contributed by atoms with Crippen LogP contribution in [0.4, 0.5) is 0 Å².